The molecule has 1 N–H and O–H groups in total. The van der Waals surface area contributed by atoms with Gasteiger partial charge in [0.1, 0.15) is 0 Å². The third-order valence-corrected chi connectivity index (χ3v) is 4.88. The number of anilines is 1. The van der Waals surface area contributed by atoms with Crippen LogP contribution in [0.25, 0.3) is 0 Å². The highest BCUT2D eigenvalue weighted by atomic mass is 16.5. The zero-order valence-electron chi connectivity index (χ0n) is 16.3. The van der Waals surface area contributed by atoms with Gasteiger partial charge in [0, 0.05) is 45.5 Å². The van der Waals surface area contributed by atoms with Crippen LogP contribution in [-0.4, -0.2) is 62.3 Å². The van der Waals surface area contributed by atoms with Crippen molar-refractivity contribution in [2.24, 2.45) is 0 Å². The zero-order chi connectivity index (χ0) is 18.4. The molecule has 140 valence electrons. The molecule has 5 nitrogen and oxygen atoms in total. The summed E-state index contributed by atoms with van der Waals surface area (Å²) in [6.45, 7) is 13.7. The fraction of sp³-hybridized carbons (Fsp3) is 0.650. The largest absolute Gasteiger partial charge is 0.383 e. The monoisotopic (exact) mass is 347 g/mol. The van der Waals surface area contributed by atoms with Crippen molar-refractivity contribution < 1.29 is 9.53 Å². The van der Waals surface area contributed by atoms with E-state index >= 15 is 0 Å². The first-order valence-electron chi connectivity index (χ1n) is 9.34. The number of carbonyl (C=O) groups excluding carboxylic acids is 1. The maximum absolute atomic E-state index is 12.8. The predicted molar refractivity (Wildman–Crippen MR) is 104 cm³/mol. The van der Waals surface area contributed by atoms with Crippen LogP contribution in [0.1, 0.15) is 50.7 Å². The molecule has 1 aliphatic heterocycles. The third kappa shape index (κ3) is 5.19. The number of methoxy groups -OCH3 is 1. The molecule has 25 heavy (non-hydrogen) atoms. The van der Waals surface area contributed by atoms with Gasteiger partial charge in [-0.05, 0) is 23.0 Å². The summed E-state index contributed by atoms with van der Waals surface area (Å²) in [6, 6.07) is 6.35. The van der Waals surface area contributed by atoms with Crippen LogP contribution >= 0.6 is 0 Å². The van der Waals surface area contributed by atoms with Crippen molar-refractivity contribution in [1.29, 1.82) is 0 Å². The van der Waals surface area contributed by atoms with E-state index in [4.69, 9.17) is 4.74 Å². The summed E-state index contributed by atoms with van der Waals surface area (Å²) >= 11 is 0. The van der Waals surface area contributed by atoms with Gasteiger partial charge in [-0.25, -0.2) is 4.79 Å². The van der Waals surface area contributed by atoms with E-state index in [1.54, 1.807) is 7.11 Å². The first-order valence-corrected chi connectivity index (χ1v) is 9.34. The standard InChI is InChI=1S/C20H33N3O2/c1-15(2)17-7-6-8-18(16(3)4)19(17)21-20(24)23-11-9-22(10-12-23)13-14-25-5/h6-8,15-16H,9-14H2,1-5H3,(H,21,24). The minimum atomic E-state index is 0.0152. The van der Waals surface area contributed by atoms with E-state index in [0.29, 0.717) is 11.8 Å². The van der Waals surface area contributed by atoms with Gasteiger partial charge < -0.3 is 15.0 Å². The first kappa shape index (κ1) is 19.7. The number of nitrogens with zero attached hydrogens (tertiary/aromatic N) is 2. The van der Waals surface area contributed by atoms with Crippen LogP contribution in [0.3, 0.4) is 0 Å². The Morgan fingerprint density at radius 3 is 2.12 bits per heavy atom. The second kappa shape index (κ2) is 9.20. The lowest BCUT2D eigenvalue weighted by Crippen LogP contribution is -2.50. The van der Waals surface area contributed by atoms with Crippen molar-refractivity contribution in [1.82, 2.24) is 9.80 Å². The zero-order valence-corrected chi connectivity index (χ0v) is 16.3. The van der Waals surface area contributed by atoms with Gasteiger partial charge in [-0.15, -0.1) is 0 Å². The minimum Gasteiger partial charge on any atom is -0.383 e. The summed E-state index contributed by atoms with van der Waals surface area (Å²) < 4.78 is 5.13. The van der Waals surface area contributed by atoms with E-state index in [-0.39, 0.29) is 6.03 Å². The number of urea groups is 1. The van der Waals surface area contributed by atoms with Crippen LogP contribution < -0.4 is 5.32 Å². The third-order valence-electron chi connectivity index (χ3n) is 4.88. The van der Waals surface area contributed by atoms with Gasteiger partial charge in [-0.1, -0.05) is 45.9 Å². The number of ether oxygens (including phenoxy) is 1. The first-order chi connectivity index (χ1) is 11.9. The topological polar surface area (TPSA) is 44.8 Å². The molecular formula is C20H33N3O2. The van der Waals surface area contributed by atoms with Crippen molar-refractivity contribution >= 4 is 11.7 Å². The van der Waals surface area contributed by atoms with Gasteiger partial charge in [0.15, 0.2) is 0 Å². The second-order valence-electron chi connectivity index (χ2n) is 7.37. The maximum Gasteiger partial charge on any atom is 0.321 e. The van der Waals surface area contributed by atoms with Gasteiger partial charge in [-0.2, -0.15) is 0 Å². The molecule has 1 aromatic rings. The SMILES string of the molecule is COCCN1CCN(C(=O)Nc2c(C(C)C)cccc2C(C)C)CC1. The van der Waals surface area contributed by atoms with Crippen molar-refractivity contribution in [3.05, 3.63) is 29.3 Å². The highest BCUT2D eigenvalue weighted by Crippen LogP contribution is 2.32. The maximum atomic E-state index is 12.8. The second-order valence-corrected chi connectivity index (χ2v) is 7.37. The molecule has 0 radical (unpaired) electrons. The molecule has 5 heteroatoms. The number of nitrogens with one attached hydrogen (secondary N) is 1. The van der Waals surface area contributed by atoms with E-state index in [0.717, 1.165) is 45.0 Å². The van der Waals surface area contributed by atoms with Gasteiger partial charge >= 0.3 is 6.03 Å². The number of carbonyl (C=O) groups is 1. The number of piperazine rings is 1. The summed E-state index contributed by atoms with van der Waals surface area (Å²) in [4.78, 5) is 17.1. The average Bonchev–Trinajstić information content (AvgIpc) is 2.60. The van der Waals surface area contributed by atoms with Crippen LogP contribution in [0.2, 0.25) is 0 Å². The van der Waals surface area contributed by atoms with Crippen LogP contribution in [0.15, 0.2) is 18.2 Å². The molecule has 0 unspecified atom stereocenters. The minimum absolute atomic E-state index is 0.0152. The van der Waals surface area contributed by atoms with E-state index in [1.165, 1.54) is 11.1 Å². The lowest BCUT2D eigenvalue weighted by atomic mass is 9.93. The van der Waals surface area contributed by atoms with E-state index in [1.807, 2.05) is 4.90 Å². The van der Waals surface area contributed by atoms with Crippen molar-refractivity contribution in [3.63, 3.8) is 0 Å². The van der Waals surface area contributed by atoms with Gasteiger partial charge in [0.2, 0.25) is 0 Å². The number of benzene rings is 1. The molecule has 0 bridgehead atoms. The number of amides is 2. The predicted octanol–water partition coefficient (Wildman–Crippen LogP) is 3.73. The van der Waals surface area contributed by atoms with E-state index in [9.17, 15) is 4.79 Å². The van der Waals surface area contributed by atoms with Gasteiger partial charge in [-0.3, -0.25) is 4.90 Å². The fourth-order valence-electron chi connectivity index (χ4n) is 3.28. The molecule has 0 atom stereocenters. The van der Waals surface area contributed by atoms with E-state index in [2.05, 4.69) is 56.1 Å². The molecule has 2 amide bonds. The highest BCUT2D eigenvalue weighted by Gasteiger charge is 2.23. The highest BCUT2D eigenvalue weighted by molar-refractivity contribution is 5.91. The Labute approximate surface area is 152 Å². The Kier molecular flexibility index (Phi) is 7.26. The summed E-state index contributed by atoms with van der Waals surface area (Å²) in [5.41, 5.74) is 3.41. The summed E-state index contributed by atoms with van der Waals surface area (Å²) in [5.74, 6) is 0.750. The Morgan fingerprint density at radius 1 is 1.08 bits per heavy atom. The van der Waals surface area contributed by atoms with Gasteiger partial charge in [0.25, 0.3) is 0 Å². The van der Waals surface area contributed by atoms with Crippen molar-refractivity contribution in [3.8, 4) is 0 Å². The number of para-hydroxylation sites is 1. The molecule has 1 heterocycles. The number of hydrogen-bond donors (Lipinski definition) is 1. The van der Waals surface area contributed by atoms with Gasteiger partial charge in [0.05, 0.1) is 6.61 Å². The smallest absolute Gasteiger partial charge is 0.321 e. The summed E-state index contributed by atoms with van der Waals surface area (Å²) in [6.07, 6.45) is 0. The number of hydrogen-bond acceptors (Lipinski definition) is 3. The van der Waals surface area contributed by atoms with Crippen LogP contribution in [0.4, 0.5) is 10.5 Å². The quantitative estimate of drug-likeness (QED) is 0.853. The molecule has 1 fully saturated rings. The van der Waals surface area contributed by atoms with E-state index < -0.39 is 0 Å². The van der Waals surface area contributed by atoms with Crippen molar-refractivity contribution in [2.75, 3.05) is 51.8 Å². The molecule has 1 saturated heterocycles. The Morgan fingerprint density at radius 2 is 1.64 bits per heavy atom. The van der Waals surface area contributed by atoms with Crippen LogP contribution in [0.5, 0.6) is 0 Å². The lowest BCUT2D eigenvalue weighted by Gasteiger charge is -2.35. The Bertz CT molecular complexity index is 538. The van der Waals surface area contributed by atoms with Crippen molar-refractivity contribution in [2.45, 2.75) is 39.5 Å². The summed E-state index contributed by atoms with van der Waals surface area (Å²) in [7, 11) is 1.72. The molecule has 0 saturated carbocycles. The molecule has 2 rings (SSSR count). The Balaban J connectivity index is 2.06. The molecule has 0 aromatic heterocycles. The summed E-state index contributed by atoms with van der Waals surface area (Å²) in [5, 5.41) is 3.21. The Hall–Kier alpha value is -1.59. The molecule has 0 spiro atoms. The molecule has 1 aliphatic rings. The normalized spacial score (nSPS) is 15.9. The molecular weight excluding hydrogens is 314 g/mol. The molecule has 1 aromatic carbocycles. The average molecular weight is 348 g/mol. The van der Waals surface area contributed by atoms with Crippen LogP contribution in [-0.2, 0) is 4.74 Å². The number of rotatable bonds is 6. The van der Waals surface area contributed by atoms with Crippen LogP contribution in [0, 0.1) is 0 Å². The molecule has 0 aliphatic carbocycles. The fourth-order valence-corrected chi connectivity index (χ4v) is 3.28. The lowest BCUT2D eigenvalue weighted by molar-refractivity contribution is 0.109.